The second kappa shape index (κ2) is 9.70. The lowest BCUT2D eigenvalue weighted by Gasteiger charge is -2.36. The highest BCUT2D eigenvalue weighted by Crippen LogP contribution is 2.20. The largest absolute Gasteiger partial charge is 0.374 e. The molecule has 1 unspecified atom stereocenters. The van der Waals surface area contributed by atoms with E-state index in [0.29, 0.717) is 13.0 Å². The third-order valence-electron chi connectivity index (χ3n) is 5.11. The molecule has 2 aliphatic rings. The van der Waals surface area contributed by atoms with Crippen LogP contribution in [0, 0.1) is 0 Å². The van der Waals surface area contributed by atoms with Crippen LogP contribution < -0.4 is 0 Å². The van der Waals surface area contributed by atoms with E-state index in [9.17, 15) is 4.79 Å². The summed E-state index contributed by atoms with van der Waals surface area (Å²) in [5, 5.41) is 0. The number of nitrogens with zero attached hydrogens (tertiary/aromatic N) is 2. The van der Waals surface area contributed by atoms with Crippen LogP contribution in [0.4, 0.5) is 0 Å². The number of amides is 1. The van der Waals surface area contributed by atoms with Crippen molar-refractivity contribution in [2.75, 3.05) is 32.8 Å². The van der Waals surface area contributed by atoms with E-state index in [-0.39, 0.29) is 12.0 Å². The van der Waals surface area contributed by atoms with E-state index >= 15 is 0 Å². The number of carbonyl (C=O) groups is 1. The highest BCUT2D eigenvalue weighted by Gasteiger charge is 2.26. The van der Waals surface area contributed by atoms with Crippen molar-refractivity contribution < 1.29 is 9.53 Å². The van der Waals surface area contributed by atoms with E-state index in [1.54, 1.807) is 0 Å². The molecule has 1 heterocycles. The highest BCUT2D eigenvalue weighted by molar-refractivity contribution is 5.78. The van der Waals surface area contributed by atoms with Gasteiger partial charge in [0, 0.05) is 31.8 Å². The van der Waals surface area contributed by atoms with Gasteiger partial charge in [-0.3, -0.25) is 9.69 Å². The summed E-state index contributed by atoms with van der Waals surface area (Å²) in [6.07, 6.45) is 9.91. The van der Waals surface area contributed by atoms with Crippen LogP contribution in [0.25, 0.3) is 0 Å². The minimum Gasteiger partial charge on any atom is -0.374 e. The molecule has 1 aromatic rings. The minimum absolute atomic E-state index is 0.0850. The fourth-order valence-corrected chi connectivity index (χ4v) is 3.61. The fourth-order valence-electron chi connectivity index (χ4n) is 3.61. The van der Waals surface area contributed by atoms with Gasteiger partial charge in [-0.1, -0.05) is 49.4 Å². The van der Waals surface area contributed by atoms with Gasteiger partial charge < -0.3 is 9.64 Å². The van der Waals surface area contributed by atoms with Crippen LogP contribution >= 0.6 is 0 Å². The Morgan fingerprint density at radius 2 is 2.15 bits per heavy atom. The average molecular weight is 354 g/mol. The Morgan fingerprint density at radius 3 is 2.88 bits per heavy atom. The molecular formula is C22H30N2O2. The number of hydrogen-bond acceptors (Lipinski definition) is 3. The molecule has 1 atom stereocenters. The summed E-state index contributed by atoms with van der Waals surface area (Å²) in [4.78, 5) is 16.9. The van der Waals surface area contributed by atoms with Crippen LogP contribution in [-0.2, 0) is 16.0 Å². The molecule has 0 saturated carbocycles. The molecule has 1 aromatic carbocycles. The molecule has 26 heavy (non-hydrogen) atoms. The van der Waals surface area contributed by atoms with Gasteiger partial charge >= 0.3 is 0 Å². The molecule has 3 rings (SSSR count). The summed E-state index contributed by atoms with van der Waals surface area (Å²) in [5.74, 6) is 0.191. The Bertz CT molecular complexity index is 639. The van der Waals surface area contributed by atoms with Crippen molar-refractivity contribution in [1.82, 2.24) is 9.80 Å². The van der Waals surface area contributed by atoms with Crippen molar-refractivity contribution >= 4 is 5.91 Å². The third kappa shape index (κ3) is 5.29. The smallest absolute Gasteiger partial charge is 0.226 e. The highest BCUT2D eigenvalue weighted by atomic mass is 16.5. The number of ether oxygens (including phenoxy) is 1. The third-order valence-corrected chi connectivity index (χ3v) is 5.11. The Morgan fingerprint density at radius 1 is 1.31 bits per heavy atom. The SMILES string of the molecule is CCC(=O)N(CC1CN(CCc2ccccc2)CCO1)C1=CC=CCC1. The van der Waals surface area contributed by atoms with Gasteiger partial charge in [0.2, 0.25) is 5.91 Å². The van der Waals surface area contributed by atoms with Gasteiger partial charge in [0.1, 0.15) is 0 Å². The first-order valence-electron chi connectivity index (χ1n) is 9.80. The Balaban J connectivity index is 1.56. The summed E-state index contributed by atoms with van der Waals surface area (Å²) in [5.41, 5.74) is 2.50. The maximum absolute atomic E-state index is 12.5. The quantitative estimate of drug-likeness (QED) is 0.752. The molecule has 0 aromatic heterocycles. The lowest BCUT2D eigenvalue weighted by Crippen LogP contribution is -2.49. The molecule has 0 bridgehead atoms. The molecule has 0 N–H and O–H groups in total. The van der Waals surface area contributed by atoms with Crippen LogP contribution in [0.3, 0.4) is 0 Å². The molecule has 1 aliphatic heterocycles. The van der Waals surface area contributed by atoms with E-state index in [0.717, 1.165) is 51.2 Å². The zero-order valence-corrected chi connectivity index (χ0v) is 15.8. The number of rotatable bonds is 7. The van der Waals surface area contributed by atoms with E-state index < -0.39 is 0 Å². The Kier molecular flexibility index (Phi) is 7.04. The monoisotopic (exact) mass is 354 g/mol. The lowest BCUT2D eigenvalue weighted by molar-refractivity contribution is -0.132. The van der Waals surface area contributed by atoms with Gasteiger partial charge in [0.25, 0.3) is 0 Å². The number of hydrogen-bond donors (Lipinski definition) is 0. The molecule has 4 nitrogen and oxygen atoms in total. The van der Waals surface area contributed by atoms with Gasteiger partial charge in [0.05, 0.1) is 19.3 Å². The van der Waals surface area contributed by atoms with Crippen molar-refractivity contribution in [3.63, 3.8) is 0 Å². The van der Waals surface area contributed by atoms with E-state index in [4.69, 9.17) is 4.74 Å². The average Bonchev–Trinajstić information content (AvgIpc) is 2.72. The number of morpholine rings is 1. The van der Waals surface area contributed by atoms with Crippen molar-refractivity contribution in [1.29, 1.82) is 0 Å². The van der Waals surface area contributed by atoms with Crippen LogP contribution in [-0.4, -0.2) is 54.6 Å². The summed E-state index contributed by atoms with van der Waals surface area (Å²) in [6.45, 7) is 6.24. The zero-order chi connectivity index (χ0) is 18.2. The Hall–Kier alpha value is -1.91. The summed E-state index contributed by atoms with van der Waals surface area (Å²) in [6, 6.07) is 10.6. The summed E-state index contributed by atoms with van der Waals surface area (Å²) in [7, 11) is 0. The van der Waals surface area contributed by atoms with Crippen LogP contribution in [0.15, 0.2) is 54.3 Å². The Labute approximate surface area is 157 Å². The van der Waals surface area contributed by atoms with Gasteiger partial charge in [0.15, 0.2) is 0 Å². The molecule has 1 amide bonds. The second-order valence-corrected chi connectivity index (χ2v) is 7.01. The van der Waals surface area contributed by atoms with E-state index in [2.05, 4.69) is 53.5 Å². The summed E-state index contributed by atoms with van der Waals surface area (Å²) < 4.78 is 6.00. The van der Waals surface area contributed by atoms with Gasteiger partial charge in [-0.25, -0.2) is 0 Å². The van der Waals surface area contributed by atoms with E-state index in [1.807, 2.05) is 11.8 Å². The molecule has 1 aliphatic carbocycles. The first-order valence-corrected chi connectivity index (χ1v) is 9.80. The summed E-state index contributed by atoms with van der Waals surface area (Å²) >= 11 is 0. The van der Waals surface area contributed by atoms with Gasteiger partial charge in [-0.05, 0) is 30.9 Å². The molecule has 0 radical (unpaired) electrons. The van der Waals surface area contributed by atoms with Crippen molar-refractivity contribution in [2.45, 2.75) is 38.7 Å². The number of allylic oxidation sites excluding steroid dienone is 4. The predicted molar refractivity (Wildman–Crippen MR) is 105 cm³/mol. The van der Waals surface area contributed by atoms with Crippen molar-refractivity contribution in [3.8, 4) is 0 Å². The first-order chi connectivity index (χ1) is 12.8. The van der Waals surface area contributed by atoms with Crippen LogP contribution in [0.2, 0.25) is 0 Å². The maximum atomic E-state index is 12.5. The molecule has 0 spiro atoms. The second-order valence-electron chi connectivity index (χ2n) is 7.01. The molecular weight excluding hydrogens is 324 g/mol. The number of carbonyl (C=O) groups excluding carboxylic acids is 1. The van der Waals surface area contributed by atoms with Gasteiger partial charge in [-0.2, -0.15) is 0 Å². The fraction of sp³-hybridized carbons (Fsp3) is 0.500. The normalized spacial score (nSPS) is 20.7. The van der Waals surface area contributed by atoms with Crippen LogP contribution in [0.5, 0.6) is 0 Å². The standard InChI is InChI=1S/C22H30N2O2/c1-2-22(25)24(20-11-7-4-8-12-20)18-21-17-23(15-16-26-21)14-13-19-9-5-3-6-10-19/h3-7,9-11,21H,2,8,12-18H2,1H3. The van der Waals surface area contributed by atoms with Crippen LogP contribution in [0.1, 0.15) is 31.7 Å². The number of benzene rings is 1. The molecule has 140 valence electrons. The van der Waals surface area contributed by atoms with Crippen molar-refractivity contribution in [2.24, 2.45) is 0 Å². The molecule has 4 heteroatoms. The van der Waals surface area contributed by atoms with E-state index in [1.165, 1.54) is 5.56 Å². The minimum atomic E-state index is 0.0850. The lowest BCUT2D eigenvalue weighted by atomic mass is 10.1. The van der Waals surface area contributed by atoms with Crippen molar-refractivity contribution in [3.05, 3.63) is 59.8 Å². The molecule has 1 fully saturated rings. The topological polar surface area (TPSA) is 32.8 Å². The predicted octanol–water partition coefficient (Wildman–Crippen LogP) is 3.40. The molecule has 1 saturated heterocycles. The first kappa shape index (κ1) is 18.9. The maximum Gasteiger partial charge on any atom is 0.226 e. The zero-order valence-electron chi connectivity index (χ0n) is 15.8. The van der Waals surface area contributed by atoms with Gasteiger partial charge in [-0.15, -0.1) is 0 Å².